The molecule has 182 valence electrons. The zero-order valence-electron chi connectivity index (χ0n) is 19.6. The van der Waals surface area contributed by atoms with Crippen LogP contribution in [-0.2, 0) is 29.1 Å². The minimum Gasteiger partial charge on any atom is -0.350 e. The van der Waals surface area contributed by atoms with Crippen LogP contribution in [-0.4, -0.2) is 16.7 Å². The summed E-state index contributed by atoms with van der Waals surface area (Å²) in [5.41, 5.74) is 3.43. The highest BCUT2D eigenvalue weighted by Crippen LogP contribution is 2.25. The molecule has 4 aromatic rings. The lowest BCUT2D eigenvalue weighted by Crippen LogP contribution is -2.43. The zero-order chi connectivity index (χ0) is 25.3. The zero-order valence-corrected chi connectivity index (χ0v) is 21.1. The number of hydrogen-bond donors (Lipinski definition) is 1. The molecule has 1 atom stereocenters. The SMILES string of the molecule is O=C(NCc1ccc(Cl)cc1)[C@H](c1ccccc1)N(Cc1ccccc1)C(=O)Cc1ccc(Cl)cc1. The molecule has 0 aromatic heterocycles. The van der Waals surface area contributed by atoms with E-state index in [-0.39, 0.29) is 18.2 Å². The van der Waals surface area contributed by atoms with Gasteiger partial charge < -0.3 is 10.2 Å². The Balaban J connectivity index is 1.65. The van der Waals surface area contributed by atoms with E-state index in [0.29, 0.717) is 23.1 Å². The molecule has 0 saturated heterocycles. The molecule has 0 aliphatic rings. The summed E-state index contributed by atoms with van der Waals surface area (Å²) in [7, 11) is 0. The quantitative estimate of drug-likeness (QED) is 0.271. The van der Waals surface area contributed by atoms with Crippen molar-refractivity contribution in [3.8, 4) is 0 Å². The minimum atomic E-state index is -0.807. The van der Waals surface area contributed by atoms with Crippen molar-refractivity contribution in [1.82, 2.24) is 10.2 Å². The Morgan fingerprint density at radius 3 is 1.78 bits per heavy atom. The van der Waals surface area contributed by atoms with Crippen molar-refractivity contribution in [3.05, 3.63) is 141 Å². The fourth-order valence-corrected chi connectivity index (χ4v) is 4.23. The predicted molar refractivity (Wildman–Crippen MR) is 145 cm³/mol. The van der Waals surface area contributed by atoms with Gasteiger partial charge in [0, 0.05) is 23.1 Å². The first-order chi connectivity index (χ1) is 17.5. The van der Waals surface area contributed by atoms with Gasteiger partial charge in [0.25, 0.3) is 0 Å². The van der Waals surface area contributed by atoms with Crippen LogP contribution in [0.1, 0.15) is 28.3 Å². The van der Waals surface area contributed by atoms with Gasteiger partial charge in [0.15, 0.2) is 0 Å². The molecular weight excluding hydrogens is 491 g/mol. The average molecular weight is 517 g/mol. The van der Waals surface area contributed by atoms with E-state index in [1.165, 1.54) is 0 Å². The number of halogens is 2. The molecule has 0 aliphatic heterocycles. The third kappa shape index (κ3) is 6.97. The summed E-state index contributed by atoms with van der Waals surface area (Å²) in [5, 5.41) is 4.26. The Bertz CT molecular complexity index is 1280. The molecule has 0 fully saturated rings. The second-order valence-corrected chi connectivity index (χ2v) is 9.34. The van der Waals surface area contributed by atoms with Crippen LogP contribution >= 0.6 is 23.2 Å². The van der Waals surface area contributed by atoms with Gasteiger partial charge in [0.1, 0.15) is 6.04 Å². The average Bonchev–Trinajstić information content (AvgIpc) is 2.90. The lowest BCUT2D eigenvalue weighted by atomic mass is 10.0. The van der Waals surface area contributed by atoms with Crippen LogP contribution in [0.3, 0.4) is 0 Å². The smallest absolute Gasteiger partial charge is 0.247 e. The van der Waals surface area contributed by atoms with Crippen molar-refractivity contribution >= 4 is 35.0 Å². The fourth-order valence-electron chi connectivity index (χ4n) is 3.98. The van der Waals surface area contributed by atoms with Gasteiger partial charge in [-0.3, -0.25) is 9.59 Å². The van der Waals surface area contributed by atoms with Gasteiger partial charge in [-0.15, -0.1) is 0 Å². The first kappa shape index (κ1) is 25.5. The van der Waals surface area contributed by atoms with Crippen LogP contribution in [0.2, 0.25) is 10.0 Å². The highest BCUT2D eigenvalue weighted by atomic mass is 35.5. The minimum absolute atomic E-state index is 0.151. The van der Waals surface area contributed by atoms with Gasteiger partial charge in [-0.1, -0.05) is 108 Å². The van der Waals surface area contributed by atoms with E-state index >= 15 is 0 Å². The largest absolute Gasteiger partial charge is 0.350 e. The summed E-state index contributed by atoms with van der Waals surface area (Å²) in [5.74, 6) is -0.409. The van der Waals surface area contributed by atoms with Gasteiger partial charge in [-0.05, 0) is 46.5 Å². The van der Waals surface area contributed by atoms with Crippen molar-refractivity contribution in [2.75, 3.05) is 0 Å². The summed E-state index contributed by atoms with van der Waals surface area (Å²) in [6.45, 7) is 0.616. The number of nitrogens with zero attached hydrogens (tertiary/aromatic N) is 1. The summed E-state index contributed by atoms with van der Waals surface area (Å²) in [6.07, 6.45) is 0.151. The molecule has 0 saturated carbocycles. The van der Waals surface area contributed by atoms with Crippen molar-refractivity contribution in [2.24, 2.45) is 0 Å². The number of hydrogen-bond acceptors (Lipinski definition) is 2. The molecule has 4 rings (SSSR count). The van der Waals surface area contributed by atoms with E-state index in [0.717, 1.165) is 22.3 Å². The normalized spacial score (nSPS) is 11.5. The first-order valence-electron chi connectivity index (χ1n) is 11.6. The first-order valence-corrected chi connectivity index (χ1v) is 12.4. The van der Waals surface area contributed by atoms with Gasteiger partial charge in [-0.2, -0.15) is 0 Å². The third-order valence-corrected chi connectivity index (χ3v) is 6.34. The Labute approximate surface area is 221 Å². The summed E-state index contributed by atoms with van der Waals surface area (Å²) < 4.78 is 0. The van der Waals surface area contributed by atoms with E-state index in [1.54, 1.807) is 29.2 Å². The van der Waals surface area contributed by atoms with E-state index < -0.39 is 6.04 Å². The molecule has 0 bridgehead atoms. The molecule has 4 aromatic carbocycles. The lowest BCUT2D eigenvalue weighted by Gasteiger charge is -2.32. The second-order valence-electron chi connectivity index (χ2n) is 8.47. The predicted octanol–water partition coefficient (Wildman–Crippen LogP) is 6.62. The standard InChI is InChI=1S/C30H26Cl2N2O2/c31-26-15-11-22(12-16-26)19-28(35)34(21-24-7-3-1-4-8-24)29(25-9-5-2-6-10-25)30(36)33-20-23-13-17-27(32)18-14-23/h1-18,29H,19-21H2,(H,33,36)/t29-/m0/s1. The second kappa shape index (κ2) is 12.4. The van der Waals surface area contributed by atoms with Crippen LogP contribution < -0.4 is 5.32 Å². The summed E-state index contributed by atoms with van der Waals surface area (Å²) >= 11 is 12.0. The maximum absolute atomic E-state index is 13.7. The molecule has 1 N–H and O–H groups in total. The third-order valence-electron chi connectivity index (χ3n) is 5.84. The number of carbonyl (C=O) groups excluding carboxylic acids is 2. The van der Waals surface area contributed by atoms with E-state index in [9.17, 15) is 9.59 Å². The van der Waals surface area contributed by atoms with Crippen molar-refractivity contribution in [2.45, 2.75) is 25.6 Å². The molecule has 0 heterocycles. The Kier molecular flexibility index (Phi) is 8.77. The van der Waals surface area contributed by atoms with Crippen LogP contribution in [0.25, 0.3) is 0 Å². The van der Waals surface area contributed by atoms with Crippen molar-refractivity contribution in [1.29, 1.82) is 0 Å². The number of nitrogens with one attached hydrogen (secondary N) is 1. The van der Waals surface area contributed by atoms with Gasteiger partial charge in [-0.25, -0.2) is 0 Å². The van der Waals surface area contributed by atoms with Crippen molar-refractivity contribution < 1.29 is 9.59 Å². The van der Waals surface area contributed by atoms with E-state index in [4.69, 9.17) is 23.2 Å². The van der Waals surface area contributed by atoms with Gasteiger partial charge in [0.05, 0.1) is 6.42 Å². The van der Waals surface area contributed by atoms with Gasteiger partial charge >= 0.3 is 0 Å². The maximum atomic E-state index is 13.7. The molecule has 0 radical (unpaired) electrons. The number of amides is 2. The fraction of sp³-hybridized carbons (Fsp3) is 0.133. The van der Waals surface area contributed by atoms with E-state index in [1.807, 2.05) is 84.9 Å². The molecule has 2 amide bonds. The summed E-state index contributed by atoms with van der Waals surface area (Å²) in [6, 6.07) is 32.8. The molecule has 0 unspecified atom stereocenters. The maximum Gasteiger partial charge on any atom is 0.247 e. The van der Waals surface area contributed by atoms with Crippen LogP contribution in [0.15, 0.2) is 109 Å². The number of carbonyl (C=O) groups is 2. The number of rotatable bonds is 9. The van der Waals surface area contributed by atoms with Crippen LogP contribution in [0.5, 0.6) is 0 Å². The monoisotopic (exact) mass is 516 g/mol. The lowest BCUT2D eigenvalue weighted by molar-refractivity contribution is -0.141. The summed E-state index contributed by atoms with van der Waals surface area (Å²) in [4.78, 5) is 29.0. The molecule has 6 heteroatoms. The van der Waals surface area contributed by atoms with Gasteiger partial charge in [0.2, 0.25) is 11.8 Å². The van der Waals surface area contributed by atoms with Crippen LogP contribution in [0, 0.1) is 0 Å². The topological polar surface area (TPSA) is 49.4 Å². The van der Waals surface area contributed by atoms with Crippen LogP contribution in [0.4, 0.5) is 0 Å². The highest BCUT2D eigenvalue weighted by molar-refractivity contribution is 6.30. The highest BCUT2D eigenvalue weighted by Gasteiger charge is 2.31. The Morgan fingerprint density at radius 1 is 0.667 bits per heavy atom. The Morgan fingerprint density at radius 2 is 1.19 bits per heavy atom. The van der Waals surface area contributed by atoms with E-state index in [2.05, 4.69) is 5.32 Å². The number of benzene rings is 4. The molecular formula is C30H26Cl2N2O2. The molecule has 36 heavy (non-hydrogen) atoms. The molecule has 4 nitrogen and oxygen atoms in total. The molecule has 0 spiro atoms. The van der Waals surface area contributed by atoms with Crippen molar-refractivity contribution in [3.63, 3.8) is 0 Å². The molecule has 0 aliphatic carbocycles. The Hall–Kier alpha value is -3.60.